The molecule has 0 spiro atoms. The van der Waals surface area contributed by atoms with Crippen molar-refractivity contribution >= 4 is 54.4 Å². The van der Waals surface area contributed by atoms with E-state index in [1.54, 1.807) is 6.07 Å². The molecule has 2 N–H and O–H groups in total. The predicted molar refractivity (Wildman–Crippen MR) is 78.8 cm³/mol. The summed E-state index contributed by atoms with van der Waals surface area (Å²) < 4.78 is 25.3. The van der Waals surface area contributed by atoms with E-state index in [-0.39, 0.29) is 15.7 Å². The highest BCUT2D eigenvalue weighted by Crippen LogP contribution is 2.29. The molecular formula is C11H9BrClNO2S2. The lowest BCUT2D eigenvalue weighted by Crippen LogP contribution is -2.05. The maximum absolute atomic E-state index is 12.2. The Hall–Kier alpha value is -0.560. The minimum Gasteiger partial charge on any atom is -0.399 e. The molecule has 0 saturated heterocycles. The van der Waals surface area contributed by atoms with Gasteiger partial charge in [0.1, 0.15) is 0 Å². The molecule has 0 saturated carbocycles. The SMILES string of the molecule is Nc1ccc(S(=O)(=O)Cc2cc(Br)cs2)c(Cl)c1. The van der Waals surface area contributed by atoms with Crippen LogP contribution in [0.1, 0.15) is 4.88 Å². The second-order valence-electron chi connectivity index (χ2n) is 3.68. The van der Waals surface area contributed by atoms with Crippen molar-refractivity contribution in [2.75, 3.05) is 5.73 Å². The maximum atomic E-state index is 12.2. The number of hydrogen-bond donors (Lipinski definition) is 1. The van der Waals surface area contributed by atoms with Crippen LogP contribution in [-0.4, -0.2) is 8.42 Å². The van der Waals surface area contributed by atoms with Gasteiger partial charge in [0, 0.05) is 20.4 Å². The van der Waals surface area contributed by atoms with Crippen LogP contribution in [0.25, 0.3) is 0 Å². The standard InChI is InChI=1S/C11H9BrClNO2S2/c12-7-3-9(17-5-7)6-18(15,16)11-2-1-8(14)4-10(11)13/h1-5H,6,14H2. The summed E-state index contributed by atoms with van der Waals surface area (Å²) in [6, 6.07) is 6.20. The molecule has 0 fully saturated rings. The molecule has 0 bridgehead atoms. The first-order valence-corrected chi connectivity index (χ1v) is 8.59. The summed E-state index contributed by atoms with van der Waals surface area (Å²) in [6.07, 6.45) is 0. The number of halogens is 2. The molecule has 0 radical (unpaired) electrons. The van der Waals surface area contributed by atoms with Gasteiger partial charge in [-0.15, -0.1) is 11.3 Å². The molecule has 1 heterocycles. The molecule has 0 atom stereocenters. The van der Waals surface area contributed by atoms with E-state index >= 15 is 0 Å². The van der Waals surface area contributed by atoms with E-state index in [1.165, 1.54) is 29.5 Å². The van der Waals surface area contributed by atoms with Crippen LogP contribution in [0, 0.1) is 0 Å². The number of hydrogen-bond acceptors (Lipinski definition) is 4. The molecule has 1 aromatic heterocycles. The Bertz CT molecular complexity index is 682. The van der Waals surface area contributed by atoms with Gasteiger partial charge in [0.25, 0.3) is 0 Å². The fraction of sp³-hybridized carbons (Fsp3) is 0.0909. The Morgan fingerprint density at radius 3 is 2.61 bits per heavy atom. The Labute approximate surface area is 123 Å². The Balaban J connectivity index is 2.36. The van der Waals surface area contributed by atoms with Crippen LogP contribution in [-0.2, 0) is 15.6 Å². The van der Waals surface area contributed by atoms with Crippen molar-refractivity contribution in [1.29, 1.82) is 0 Å². The van der Waals surface area contributed by atoms with Gasteiger partial charge < -0.3 is 5.73 Å². The summed E-state index contributed by atoms with van der Waals surface area (Å²) in [7, 11) is -3.45. The average molecular weight is 367 g/mol. The van der Waals surface area contributed by atoms with E-state index in [4.69, 9.17) is 17.3 Å². The molecule has 2 aromatic rings. The fourth-order valence-corrected chi connectivity index (χ4v) is 5.22. The maximum Gasteiger partial charge on any atom is 0.184 e. The Kier molecular flexibility index (Phi) is 4.01. The zero-order valence-corrected chi connectivity index (χ0v) is 13.0. The van der Waals surface area contributed by atoms with Crippen LogP contribution in [0.2, 0.25) is 5.02 Å². The minimum atomic E-state index is -3.45. The van der Waals surface area contributed by atoms with Crippen LogP contribution in [0.3, 0.4) is 0 Å². The number of nitrogens with two attached hydrogens (primary N) is 1. The molecule has 18 heavy (non-hydrogen) atoms. The van der Waals surface area contributed by atoms with Crippen LogP contribution < -0.4 is 5.73 Å². The zero-order valence-electron chi connectivity index (χ0n) is 9.06. The van der Waals surface area contributed by atoms with Gasteiger partial charge in [0.05, 0.1) is 15.7 Å². The van der Waals surface area contributed by atoms with Crippen LogP contribution in [0.5, 0.6) is 0 Å². The van der Waals surface area contributed by atoms with Crippen LogP contribution >= 0.6 is 38.9 Å². The number of nitrogen functional groups attached to an aromatic ring is 1. The largest absolute Gasteiger partial charge is 0.399 e. The number of benzene rings is 1. The molecule has 0 aliphatic rings. The third-order valence-electron chi connectivity index (χ3n) is 2.25. The lowest BCUT2D eigenvalue weighted by atomic mass is 10.3. The highest BCUT2D eigenvalue weighted by Gasteiger charge is 2.19. The Morgan fingerprint density at radius 2 is 2.06 bits per heavy atom. The van der Waals surface area contributed by atoms with E-state index in [2.05, 4.69) is 15.9 Å². The first kappa shape index (κ1) is 13.9. The van der Waals surface area contributed by atoms with E-state index in [0.717, 1.165) is 9.35 Å². The van der Waals surface area contributed by atoms with Gasteiger partial charge in [-0.25, -0.2) is 8.42 Å². The van der Waals surface area contributed by atoms with Gasteiger partial charge in [-0.1, -0.05) is 11.6 Å². The predicted octanol–water partition coefficient (Wildman–Crippen LogP) is 3.72. The van der Waals surface area contributed by atoms with Crippen molar-refractivity contribution in [2.24, 2.45) is 0 Å². The lowest BCUT2D eigenvalue weighted by Gasteiger charge is -2.06. The van der Waals surface area contributed by atoms with Crippen LogP contribution in [0.15, 0.2) is 39.0 Å². The van der Waals surface area contributed by atoms with Crippen molar-refractivity contribution in [3.05, 3.63) is 44.0 Å². The Morgan fingerprint density at radius 1 is 1.33 bits per heavy atom. The molecule has 3 nitrogen and oxygen atoms in total. The highest BCUT2D eigenvalue weighted by molar-refractivity contribution is 9.10. The smallest absolute Gasteiger partial charge is 0.184 e. The van der Waals surface area contributed by atoms with Gasteiger partial charge >= 0.3 is 0 Å². The number of anilines is 1. The van der Waals surface area contributed by atoms with Crippen molar-refractivity contribution in [2.45, 2.75) is 10.6 Å². The van der Waals surface area contributed by atoms with Crippen molar-refractivity contribution < 1.29 is 8.42 Å². The summed E-state index contributed by atoms with van der Waals surface area (Å²) in [4.78, 5) is 0.873. The number of rotatable bonds is 3. The minimum absolute atomic E-state index is 0.0626. The summed E-state index contributed by atoms with van der Waals surface area (Å²) in [5.41, 5.74) is 5.99. The van der Waals surface area contributed by atoms with Gasteiger partial charge in [0.15, 0.2) is 9.84 Å². The van der Waals surface area contributed by atoms with E-state index in [9.17, 15) is 8.42 Å². The van der Waals surface area contributed by atoms with Crippen molar-refractivity contribution in [1.82, 2.24) is 0 Å². The second kappa shape index (κ2) is 5.21. The lowest BCUT2D eigenvalue weighted by molar-refractivity contribution is 0.596. The first-order valence-electron chi connectivity index (χ1n) is 4.89. The number of thiophene rings is 1. The quantitative estimate of drug-likeness (QED) is 0.842. The van der Waals surface area contributed by atoms with Crippen LogP contribution in [0.4, 0.5) is 5.69 Å². The van der Waals surface area contributed by atoms with Crippen molar-refractivity contribution in [3.63, 3.8) is 0 Å². The third-order valence-corrected chi connectivity index (χ3v) is 6.27. The molecule has 0 aliphatic carbocycles. The molecular weight excluding hydrogens is 358 g/mol. The van der Waals surface area contributed by atoms with E-state index in [1.807, 2.05) is 5.38 Å². The van der Waals surface area contributed by atoms with E-state index in [0.29, 0.717) is 5.69 Å². The third kappa shape index (κ3) is 3.06. The molecule has 0 aliphatic heterocycles. The molecule has 2 rings (SSSR count). The van der Waals surface area contributed by atoms with Gasteiger partial charge in [-0.3, -0.25) is 0 Å². The second-order valence-corrected chi connectivity index (χ2v) is 7.96. The molecule has 96 valence electrons. The topological polar surface area (TPSA) is 60.2 Å². The van der Waals surface area contributed by atoms with Gasteiger partial charge in [-0.05, 0) is 40.2 Å². The molecule has 7 heteroatoms. The summed E-state index contributed by atoms with van der Waals surface area (Å²) in [6.45, 7) is 0. The molecule has 0 amide bonds. The highest BCUT2D eigenvalue weighted by atomic mass is 79.9. The normalized spacial score (nSPS) is 11.7. The van der Waals surface area contributed by atoms with Gasteiger partial charge in [-0.2, -0.15) is 0 Å². The first-order chi connectivity index (χ1) is 8.38. The molecule has 0 unspecified atom stereocenters. The number of sulfone groups is 1. The monoisotopic (exact) mass is 365 g/mol. The zero-order chi connectivity index (χ0) is 13.3. The average Bonchev–Trinajstić information content (AvgIpc) is 2.62. The molecule has 1 aromatic carbocycles. The fourth-order valence-electron chi connectivity index (χ4n) is 1.46. The van der Waals surface area contributed by atoms with E-state index < -0.39 is 9.84 Å². The van der Waals surface area contributed by atoms with Gasteiger partial charge in [0.2, 0.25) is 0 Å². The summed E-state index contributed by atoms with van der Waals surface area (Å²) in [5, 5.41) is 2.00. The van der Waals surface area contributed by atoms with Crippen molar-refractivity contribution in [3.8, 4) is 0 Å². The summed E-state index contributed by atoms with van der Waals surface area (Å²) in [5.74, 6) is -0.0626. The summed E-state index contributed by atoms with van der Waals surface area (Å²) >= 11 is 10.6.